The van der Waals surface area contributed by atoms with Crippen LogP contribution in [-0.4, -0.2) is 50.6 Å². The van der Waals surface area contributed by atoms with Gasteiger partial charge >= 0.3 is 0 Å². The molecule has 1 saturated heterocycles. The average molecular weight is 362 g/mol. The van der Waals surface area contributed by atoms with Crippen LogP contribution in [0.3, 0.4) is 0 Å². The van der Waals surface area contributed by atoms with E-state index in [-0.39, 0.29) is 23.7 Å². The van der Waals surface area contributed by atoms with Crippen molar-refractivity contribution in [2.75, 3.05) is 33.9 Å². The lowest BCUT2D eigenvalue weighted by atomic mass is 9.95. The molecule has 2 rings (SSSR count). The SMILES string of the molecule is COc1ccc(CCNC(=O)C2CCN(C(=O)C(C)C)CC2)cc1OC. The van der Waals surface area contributed by atoms with Crippen LogP contribution >= 0.6 is 0 Å². The number of carbonyl (C=O) groups excluding carboxylic acids is 2. The molecule has 1 fully saturated rings. The van der Waals surface area contributed by atoms with Gasteiger partial charge in [-0.2, -0.15) is 0 Å². The third-order valence-corrected chi connectivity index (χ3v) is 4.83. The first-order valence-electron chi connectivity index (χ1n) is 9.23. The first-order valence-corrected chi connectivity index (χ1v) is 9.23. The molecule has 0 aliphatic carbocycles. The summed E-state index contributed by atoms with van der Waals surface area (Å²) in [5.41, 5.74) is 1.08. The van der Waals surface area contributed by atoms with E-state index in [9.17, 15) is 9.59 Å². The second kappa shape index (κ2) is 9.46. The van der Waals surface area contributed by atoms with Gasteiger partial charge in [-0.3, -0.25) is 9.59 Å². The molecule has 144 valence electrons. The van der Waals surface area contributed by atoms with Crippen LogP contribution < -0.4 is 14.8 Å². The van der Waals surface area contributed by atoms with Crippen LogP contribution in [0.4, 0.5) is 0 Å². The molecule has 1 aliphatic heterocycles. The first kappa shape index (κ1) is 20.1. The zero-order valence-corrected chi connectivity index (χ0v) is 16.2. The molecule has 6 nitrogen and oxygen atoms in total. The highest BCUT2D eigenvalue weighted by atomic mass is 16.5. The zero-order chi connectivity index (χ0) is 19.1. The zero-order valence-electron chi connectivity index (χ0n) is 16.2. The molecular weight excluding hydrogens is 332 g/mol. The number of likely N-dealkylation sites (tertiary alicyclic amines) is 1. The molecule has 1 aromatic carbocycles. The van der Waals surface area contributed by atoms with Crippen molar-refractivity contribution in [3.8, 4) is 11.5 Å². The van der Waals surface area contributed by atoms with Gasteiger partial charge in [-0.05, 0) is 37.0 Å². The fourth-order valence-corrected chi connectivity index (χ4v) is 3.24. The summed E-state index contributed by atoms with van der Waals surface area (Å²) in [7, 11) is 3.22. The van der Waals surface area contributed by atoms with E-state index in [4.69, 9.17) is 9.47 Å². The molecule has 0 radical (unpaired) electrons. The minimum absolute atomic E-state index is 0.00313. The van der Waals surface area contributed by atoms with Gasteiger partial charge in [-0.25, -0.2) is 0 Å². The lowest BCUT2D eigenvalue weighted by Crippen LogP contribution is -2.44. The number of nitrogens with zero attached hydrogens (tertiary/aromatic N) is 1. The van der Waals surface area contributed by atoms with Crippen LogP contribution in [0.25, 0.3) is 0 Å². The van der Waals surface area contributed by atoms with Crippen LogP contribution in [0.15, 0.2) is 18.2 Å². The van der Waals surface area contributed by atoms with E-state index in [1.54, 1.807) is 14.2 Å². The van der Waals surface area contributed by atoms with Crippen LogP contribution in [0.2, 0.25) is 0 Å². The normalized spacial score (nSPS) is 15.0. The summed E-state index contributed by atoms with van der Waals surface area (Å²) in [4.78, 5) is 26.2. The maximum Gasteiger partial charge on any atom is 0.225 e. The van der Waals surface area contributed by atoms with Crippen molar-refractivity contribution in [2.45, 2.75) is 33.1 Å². The number of ether oxygens (including phenoxy) is 2. The summed E-state index contributed by atoms with van der Waals surface area (Å²) in [5, 5.41) is 3.02. The van der Waals surface area contributed by atoms with Gasteiger partial charge in [-0.15, -0.1) is 0 Å². The molecule has 0 spiro atoms. The number of carbonyl (C=O) groups is 2. The molecular formula is C20H30N2O4. The molecule has 2 amide bonds. The van der Waals surface area contributed by atoms with Crippen LogP contribution in [0, 0.1) is 11.8 Å². The van der Waals surface area contributed by atoms with Crippen molar-refractivity contribution in [3.63, 3.8) is 0 Å². The van der Waals surface area contributed by atoms with E-state index in [0.29, 0.717) is 31.1 Å². The number of benzene rings is 1. The third kappa shape index (κ3) is 5.13. The monoisotopic (exact) mass is 362 g/mol. The van der Waals surface area contributed by atoms with Crippen LogP contribution in [0.5, 0.6) is 11.5 Å². The number of nitrogens with one attached hydrogen (secondary N) is 1. The second-order valence-corrected chi connectivity index (χ2v) is 6.98. The number of rotatable bonds is 7. The molecule has 0 unspecified atom stereocenters. The Balaban J connectivity index is 1.77. The Labute approximate surface area is 155 Å². The van der Waals surface area contributed by atoms with Crippen molar-refractivity contribution in [1.29, 1.82) is 0 Å². The molecule has 0 bridgehead atoms. The number of methoxy groups -OCH3 is 2. The van der Waals surface area contributed by atoms with Crippen molar-refractivity contribution < 1.29 is 19.1 Å². The molecule has 1 aliphatic rings. The highest BCUT2D eigenvalue weighted by Gasteiger charge is 2.27. The lowest BCUT2D eigenvalue weighted by Gasteiger charge is -2.32. The van der Waals surface area contributed by atoms with E-state index >= 15 is 0 Å². The number of amides is 2. The first-order chi connectivity index (χ1) is 12.5. The summed E-state index contributed by atoms with van der Waals surface area (Å²) in [6.45, 7) is 5.75. The molecule has 1 aromatic rings. The number of piperidine rings is 1. The number of hydrogen-bond acceptors (Lipinski definition) is 4. The highest BCUT2D eigenvalue weighted by Crippen LogP contribution is 2.27. The van der Waals surface area contributed by atoms with E-state index in [0.717, 1.165) is 24.8 Å². The molecule has 0 saturated carbocycles. The van der Waals surface area contributed by atoms with Gasteiger partial charge in [0.1, 0.15) is 0 Å². The Bertz CT molecular complexity index is 622. The van der Waals surface area contributed by atoms with Gasteiger partial charge in [-0.1, -0.05) is 19.9 Å². The second-order valence-electron chi connectivity index (χ2n) is 6.98. The summed E-state index contributed by atoms with van der Waals surface area (Å²) in [6, 6.07) is 5.78. The standard InChI is InChI=1S/C20H30N2O4/c1-14(2)20(24)22-11-8-16(9-12-22)19(23)21-10-7-15-5-6-17(25-3)18(13-15)26-4/h5-6,13-14,16H,7-12H2,1-4H3,(H,21,23). The largest absolute Gasteiger partial charge is 0.493 e. The molecule has 26 heavy (non-hydrogen) atoms. The van der Waals surface area contributed by atoms with Crippen LogP contribution in [-0.2, 0) is 16.0 Å². The van der Waals surface area contributed by atoms with E-state index in [2.05, 4.69) is 5.32 Å². The summed E-state index contributed by atoms with van der Waals surface area (Å²) in [5.74, 6) is 1.67. The van der Waals surface area contributed by atoms with Crippen LogP contribution in [0.1, 0.15) is 32.3 Å². The van der Waals surface area contributed by atoms with Crippen molar-refractivity contribution in [1.82, 2.24) is 10.2 Å². The number of hydrogen-bond donors (Lipinski definition) is 1. The van der Waals surface area contributed by atoms with Gasteiger partial charge in [0.25, 0.3) is 0 Å². The summed E-state index contributed by atoms with van der Waals surface area (Å²) in [6.07, 6.45) is 2.21. The minimum atomic E-state index is -0.00313. The molecule has 1 N–H and O–H groups in total. The fraction of sp³-hybridized carbons (Fsp3) is 0.600. The van der Waals surface area contributed by atoms with Crippen molar-refractivity contribution >= 4 is 11.8 Å². The van der Waals surface area contributed by atoms with Crippen molar-refractivity contribution in [2.24, 2.45) is 11.8 Å². The van der Waals surface area contributed by atoms with Gasteiger partial charge in [0, 0.05) is 31.5 Å². The lowest BCUT2D eigenvalue weighted by molar-refractivity contribution is -0.138. The summed E-state index contributed by atoms with van der Waals surface area (Å²) >= 11 is 0. The average Bonchev–Trinajstić information content (AvgIpc) is 2.67. The predicted molar refractivity (Wildman–Crippen MR) is 100 cm³/mol. The molecule has 6 heteroatoms. The maximum absolute atomic E-state index is 12.4. The Morgan fingerprint density at radius 3 is 2.38 bits per heavy atom. The Hall–Kier alpha value is -2.24. The highest BCUT2D eigenvalue weighted by molar-refractivity contribution is 5.80. The third-order valence-electron chi connectivity index (χ3n) is 4.83. The van der Waals surface area contributed by atoms with Gasteiger partial charge in [0.15, 0.2) is 11.5 Å². The van der Waals surface area contributed by atoms with Crippen molar-refractivity contribution in [3.05, 3.63) is 23.8 Å². The van der Waals surface area contributed by atoms with Gasteiger partial charge in [0.05, 0.1) is 14.2 Å². The Morgan fingerprint density at radius 1 is 1.15 bits per heavy atom. The summed E-state index contributed by atoms with van der Waals surface area (Å²) < 4.78 is 10.5. The predicted octanol–water partition coefficient (Wildman–Crippen LogP) is 2.26. The smallest absolute Gasteiger partial charge is 0.225 e. The van der Waals surface area contributed by atoms with Gasteiger partial charge in [0.2, 0.25) is 11.8 Å². The fourth-order valence-electron chi connectivity index (χ4n) is 3.24. The van der Waals surface area contributed by atoms with Gasteiger partial charge < -0.3 is 19.7 Å². The minimum Gasteiger partial charge on any atom is -0.493 e. The molecule has 0 aromatic heterocycles. The van der Waals surface area contributed by atoms with E-state index < -0.39 is 0 Å². The van der Waals surface area contributed by atoms with E-state index in [1.807, 2.05) is 36.9 Å². The maximum atomic E-state index is 12.4. The Kier molecular flexibility index (Phi) is 7.30. The quantitative estimate of drug-likeness (QED) is 0.808. The molecule has 1 heterocycles. The van der Waals surface area contributed by atoms with E-state index in [1.165, 1.54) is 0 Å². The Morgan fingerprint density at radius 2 is 1.81 bits per heavy atom. The molecule has 0 atom stereocenters. The topological polar surface area (TPSA) is 67.9 Å².